The summed E-state index contributed by atoms with van der Waals surface area (Å²) < 4.78 is 30.2. The van der Waals surface area contributed by atoms with Gasteiger partial charge >= 0.3 is 0 Å². The number of amides is 1. The van der Waals surface area contributed by atoms with Crippen LogP contribution in [0.5, 0.6) is 0 Å². The highest BCUT2D eigenvalue weighted by atomic mass is 35.5. The fraction of sp³-hybridized carbons (Fsp3) is 0.250. The number of rotatable bonds is 8. The Bertz CT molecular complexity index is 1910. The molecule has 1 unspecified atom stereocenters. The summed E-state index contributed by atoms with van der Waals surface area (Å²) in [5, 5.41) is 15.5. The Kier molecular flexibility index (Phi) is 8.91. The Morgan fingerprint density at radius 3 is 2.47 bits per heavy atom. The number of aromatic amines is 1. The Hall–Kier alpha value is -4.12. The third-order valence-electron chi connectivity index (χ3n) is 8.12. The molecule has 6 N–H and O–H groups in total. The third kappa shape index (κ3) is 6.61. The Labute approximate surface area is 256 Å². The van der Waals surface area contributed by atoms with Gasteiger partial charge in [-0.1, -0.05) is 48.5 Å². The first kappa shape index (κ1) is 30.3. The van der Waals surface area contributed by atoms with Gasteiger partial charge in [0, 0.05) is 36.7 Å². The first-order chi connectivity index (χ1) is 20.3. The minimum atomic E-state index is -4.04. The first-order valence-corrected chi connectivity index (χ1v) is 15.6. The predicted octanol–water partition coefficient (Wildman–Crippen LogP) is 4.51. The molecule has 2 atom stereocenters. The van der Waals surface area contributed by atoms with Crippen LogP contribution in [0, 0.1) is 11.3 Å². The first-order valence-electron chi connectivity index (χ1n) is 14.1. The van der Waals surface area contributed by atoms with Crippen molar-refractivity contribution in [3.63, 3.8) is 0 Å². The van der Waals surface area contributed by atoms with E-state index in [9.17, 15) is 13.2 Å². The van der Waals surface area contributed by atoms with E-state index in [0.29, 0.717) is 13.1 Å². The van der Waals surface area contributed by atoms with Crippen LogP contribution in [0.1, 0.15) is 18.4 Å². The van der Waals surface area contributed by atoms with Crippen molar-refractivity contribution in [2.75, 3.05) is 19.6 Å². The van der Waals surface area contributed by atoms with E-state index in [1.54, 1.807) is 23.1 Å². The largest absolute Gasteiger partial charge is 0.370 e. The second-order valence-corrected chi connectivity index (χ2v) is 12.7. The maximum absolute atomic E-state index is 13.7. The summed E-state index contributed by atoms with van der Waals surface area (Å²) in [7, 11) is -4.04. The molecule has 5 aromatic rings. The summed E-state index contributed by atoms with van der Waals surface area (Å²) in [5.41, 5.74) is 7.45. The van der Waals surface area contributed by atoms with Gasteiger partial charge in [0.15, 0.2) is 5.96 Å². The van der Waals surface area contributed by atoms with Gasteiger partial charge in [0.1, 0.15) is 6.04 Å². The summed E-state index contributed by atoms with van der Waals surface area (Å²) in [6, 6.07) is 23.7. The molecule has 0 radical (unpaired) electrons. The molecule has 1 aliphatic heterocycles. The second-order valence-electron chi connectivity index (χ2n) is 11.0. The van der Waals surface area contributed by atoms with Gasteiger partial charge in [-0.05, 0) is 82.6 Å². The lowest BCUT2D eigenvalue weighted by atomic mass is 9.98. The van der Waals surface area contributed by atoms with Crippen LogP contribution in [0.25, 0.3) is 32.4 Å². The molecule has 43 heavy (non-hydrogen) atoms. The molecule has 0 bridgehead atoms. The molecule has 1 fully saturated rings. The third-order valence-corrected chi connectivity index (χ3v) is 9.59. The average molecular weight is 619 g/mol. The van der Waals surface area contributed by atoms with Crippen molar-refractivity contribution >= 4 is 66.7 Å². The van der Waals surface area contributed by atoms with E-state index in [0.717, 1.165) is 57.4 Å². The van der Waals surface area contributed by atoms with Gasteiger partial charge in [0.2, 0.25) is 15.9 Å². The summed E-state index contributed by atoms with van der Waals surface area (Å²) in [5.74, 6) is -0.248. The molecule has 1 saturated heterocycles. The average Bonchev–Trinajstić information content (AvgIpc) is 3.40. The number of nitrogens with zero attached hydrogens (tertiary/aromatic N) is 1. The van der Waals surface area contributed by atoms with Crippen molar-refractivity contribution in [2.45, 2.75) is 30.2 Å². The quantitative estimate of drug-likeness (QED) is 0.0987. The number of hydrogen-bond donors (Lipinski definition) is 5. The van der Waals surface area contributed by atoms with Gasteiger partial charge in [0.05, 0.1) is 4.90 Å². The molecule has 2 heterocycles. The number of piperidine rings is 1. The molecule has 0 aliphatic carbocycles. The maximum Gasteiger partial charge on any atom is 0.241 e. The van der Waals surface area contributed by atoms with E-state index in [-0.39, 0.29) is 35.6 Å². The lowest BCUT2D eigenvalue weighted by Crippen LogP contribution is -2.51. The van der Waals surface area contributed by atoms with Gasteiger partial charge < -0.3 is 20.9 Å². The fourth-order valence-corrected chi connectivity index (χ4v) is 7.10. The predicted molar refractivity (Wildman–Crippen MR) is 174 cm³/mol. The standard InChI is InChI=1S/C32H34N6O3S.ClH/c33-32(34)38-13-5-6-21(20-38)18-36-31(39)30(17-26-19-35-29-10-4-3-9-28(26)29)37-42(40,41)27-12-11-24-14-22-7-1-2-8-23(22)15-25(24)16-27;/h1-4,7-12,14-16,19,21,30,35,37H,5-6,13,17-18,20H2,(H3,33,34)(H,36,39);1H/t21?,30-;/m1./s1. The van der Waals surface area contributed by atoms with Crippen LogP contribution in [-0.2, 0) is 21.2 Å². The molecule has 1 aliphatic rings. The van der Waals surface area contributed by atoms with Crippen LogP contribution in [0.4, 0.5) is 0 Å². The number of sulfonamides is 1. The van der Waals surface area contributed by atoms with Crippen LogP contribution >= 0.6 is 12.4 Å². The number of fused-ring (bicyclic) bond motifs is 3. The number of H-pyrrole nitrogens is 1. The van der Waals surface area contributed by atoms with Crippen molar-refractivity contribution in [3.8, 4) is 0 Å². The second kappa shape index (κ2) is 12.6. The number of halogens is 1. The van der Waals surface area contributed by atoms with E-state index in [1.165, 1.54) is 0 Å². The molecule has 4 aromatic carbocycles. The summed E-state index contributed by atoms with van der Waals surface area (Å²) in [6.07, 6.45) is 3.78. The molecule has 6 rings (SSSR count). The van der Waals surface area contributed by atoms with Crippen LogP contribution < -0.4 is 15.8 Å². The lowest BCUT2D eigenvalue weighted by molar-refractivity contribution is -0.122. The van der Waals surface area contributed by atoms with Crippen molar-refractivity contribution in [1.29, 1.82) is 5.41 Å². The monoisotopic (exact) mass is 618 g/mol. The van der Waals surface area contributed by atoms with Crippen LogP contribution in [0.15, 0.2) is 90.0 Å². The van der Waals surface area contributed by atoms with Gasteiger partial charge in [-0.15, -0.1) is 12.4 Å². The zero-order valence-corrected chi connectivity index (χ0v) is 25.2. The highest BCUT2D eigenvalue weighted by Crippen LogP contribution is 2.26. The van der Waals surface area contributed by atoms with E-state index < -0.39 is 22.0 Å². The minimum absolute atomic E-state index is 0. The zero-order valence-electron chi connectivity index (χ0n) is 23.5. The molecule has 9 nitrogen and oxygen atoms in total. The smallest absolute Gasteiger partial charge is 0.241 e. The Morgan fingerprint density at radius 2 is 1.70 bits per heavy atom. The number of benzene rings is 4. The van der Waals surface area contributed by atoms with Gasteiger partial charge in [-0.25, -0.2) is 8.42 Å². The van der Waals surface area contributed by atoms with Crippen LogP contribution in [-0.4, -0.2) is 55.8 Å². The molecular formula is C32H35ClN6O3S. The lowest BCUT2D eigenvalue weighted by Gasteiger charge is -2.33. The molecular weight excluding hydrogens is 584 g/mol. The maximum atomic E-state index is 13.7. The van der Waals surface area contributed by atoms with Crippen molar-refractivity contribution in [3.05, 3.63) is 90.6 Å². The topological polar surface area (TPSA) is 144 Å². The number of carbonyl (C=O) groups excluding carboxylic acids is 1. The molecule has 0 spiro atoms. The zero-order chi connectivity index (χ0) is 29.3. The highest BCUT2D eigenvalue weighted by molar-refractivity contribution is 7.89. The van der Waals surface area contributed by atoms with E-state index in [4.69, 9.17) is 11.1 Å². The number of para-hydroxylation sites is 1. The number of likely N-dealkylation sites (tertiary alicyclic amines) is 1. The Morgan fingerprint density at radius 1 is 1.00 bits per heavy atom. The molecule has 1 amide bonds. The van der Waals surface area contributed by atoms with E-state index in [2.05, 4.69) is 15.0 Å². The fourth-order valence-electron chi connectivity index (χ4n) is 5.87. The van der Waals surface area contributed by atoms with Crippen molar-refractivity contribution in [2.24, 2.45) is 11.7 Å². The van der Waals surface area contributed by atoms with Crippen LogP contribution in [0.2, 0.25) is 0 Å². The minimum Gasteiger partial charge on any atom is -0.370 e. The van der Waals surface area contributed by atoms with E-state index in [1.807, 2.05) is 66.9 Å². The van der Waals surface area contributed by atoms with Gasteiger partial charge in [-0.2, -0.15) is 4.72 Å². The van der Waals surface area contributed by atoms with Crippen LogP contribution in [0.3, 0.4) is 0 Å². The SMILES string of the molecule is Cl.N=C(N)N1CCCC(CNC(=O)[C@@H](Cc2c[nH]c3ccccc23)NS(=O)(=O)c2ccc3cc4ccccc4cc3c2)C1. The van der Waals surface area contributed by atoms with Crippen molar-refractivity contribution < 1.29 is 13.2 Å². The summed E-state index contributed by atoms with van der Waals surface area (Å²) >= 11 is 0. The van der Waals surface area contributed by atoms with E-state index >= 15 is 0 Å². The number of nitrogens with one attached hydrogen (secondary N) is 4. The summed E-state index contributed by atoms with van der Waals surface area (Å²) in [6.45, 7) is 1.68. The number of guanidine groups is 1. The number of nitrogens with two attached hydrogens (primary N) is 1. The molecule has 224 valence electrons. The highest BCUT2D eigenvalue weighted by Gasteiger charge is 2.29. The van der Waals surface area contributed by atoms with Crippen molar-refractivity contribution in [1.82, 2.24) is 19.9 Å². The number of aromatic nitrogens is 1. The summed E-state index contributed by atoms with van der Waals surface area (Å²) in [4.78, 5) is 18.7. The van der Waals surface area contributed by atoms with Gasteiger partial charge in [0.25, 0.3) is 0 Å². The number of hydrogen-bond acceptors (Lipinski definition) is 4. The van der Waals surface area contributed by atoms with Gasteiger partial charge in [-0.3, -0.25) is 10.2 Å². The molecule has 0 saturated carbocycles. The Balaban J connectivity index is 0.00000368. The normalized spacial score (nSPS) is 16.2. The number of carbonyl (C=O) groups is 1. The molecule has 1 aromatic heterocycles. The molecule has 11 heteroatoms.